The molecule has 0 aliphatic heterocycles. The molecule has 0 aromatic carbocycles. The smallest absolute Gasteiger partial charge is 0.0434 e. The largest absolute Gasteiger partial charge is 0.396 e. The summed E-state index contributed by atoms with van der Waals surface area (Å²) in [5, 5.41) is 8.59. The third-order valence-corrected chi connectivity index (χ3v) is 1.79. The van der Waals surface area contributed by atoms with Gasteiger partial charge >= 0.3 is 0 Å². The molecule has 0 fully saturated rings. The quantitative estimate of drug-likeness (QED) is 0.604. The van der Waals surface area contributed by atoms with Crippen LogP contribution in [-0.4, -0.2) is 11.7 Å². The number of hydrogen-bond acceptors (Lipinski definition) is 1. The first-order valence-corrected chi connectivity index (χ1v) is 4.57. The van der Waals surface area contributed by atoms with E-state index in [-0.39, 0.29) is 0 Å². The lowest BCUT2D eigenvalue weighted by molar-refractivity contribution is 0.288. The summed E-state index contributed by atoms with van der Waals surface area (Å²) < 4.78 is 0. The molecule has 70 valence electrons. The minimum absolute atomic E-state index is 0.297. The number of allylic oxidation sites excluding steroid dienone is 3. The summed E-state index contributed by atoms with van der Waals surface area (Å²) in [7, 11) is 0. The van der Waals surface area contributed by atoms with E-state index in [0.717, 1.165) is 25.7 Å². The molecule has 0 aromatic heterocycles. The van der Waals surface area contributed by atoms with Crippen LogP contribution in [0.2, 0.25) is 0 Å². The van der Waals surface area contributed by atoms with Crippen LogP contribution in [0.15, 0.2) is 23.8 Å². The maximum Gasteiger partial charge on any atom is 0.0434 e. The minimum atomic E-state index is 0.297. The Labute approximate surface area is 75.8 Å². The molecule has 0 aliphatic rings. The van der Waals surface area contributed by atoms with Crippen LogP contribution >= 0.6 is 0 Å². The Bertz CT molecular complexity index is 156. The van der Waals surface area contributed by atoms with Gasteiger partial charge in [0.05, 0.1) is 0 Å². The molecule has 0 aliphatic carbocycles. The van der Waals surface area contributed by atoms with Gasteiger partial charge in [-0.1, -0.05) is 17.2 Å². The van der Waals surface area contributed by atoms with Crippen molar-refractivity contribution in [3.05, 3.63) is 23.8 Å². The second-order valence-electron chi connectivity index (χ2n) is 3.37. The van der Waals surface area contributed by atoms with Crippen molar-refractivity contribution >= 4 is 0 Å². The first kappa shape index (κ1) is 11.4. The molecule has 0 spiro atoms. The SMILES string of the molecule is C=C(C)CCC=C(C)CCCO. The highest BCUT2D eigenvalue weighted by molar-refractivity contribution is 5.00. The van der Waals surface area contributed by atoms with Gasteiger partial charge in [-0.25, -0.2) is 0 Å². The second-order valence-corrected chi connectivity index (χ2v) is 3.37. The van der Waals surface area contributed by atoms with Gasteiger partial charge in [0.25, 0.3) is 0 Å². The summed E-state index contributed by atoms with van der Waals surface area (Å²) in [6, 6.07) is 0. The van der Waals surface area contributed by atoms with Gasteiger partial charge in [-0.15, -0.1) is 6.58 Å². The number of hydrogen-bond donors (Lipinski definition) is 1. The molecule has 1 nitrogen and oxygen atoms in total. The molecule has 0 saturated heterocycles. The van der Waals surface area contributed by atoms with E-state index in [1.54, 1.807) is 0 Å². The zero-order chi connectivity index (χ0) is 9.40. The van der Waals surface area contributed by atoms with Gasteiger partial charge in [0.15, 0.2) is 0 Å². The molecule has 12 heavy (non-hydrogen) atoms. The van der Waals surface area contributed by atoms with Crippen molar-refractivity contribution in [1.29, 1.82) is 0 Å². The molecule has 1 heteroatoms. The summed E-state index contributed by atoms with van der Waals surface area (Å²) >= 11 is 0. The van der Waals surface area contributed by atoms with E-state index in [1.807, 2.05) is 0 Å². The van der Waals surface area contributed by atoms with Crippen molar-refractivity contribution in [3.63, 3.8) is 0 Å². The summed E-state index contributed by atoms with van der Waals surface area (Å²) in [6.45, 7) is 8.31. The van der Waals surface area contributed by atoms with Gasteiger partial charge in [0.2, 0.25) is 0 Å². The van der Waals surface area contributed by atoms with E-state index in [0.29, 0.717) is 6.61 Å². The third-order valence-electron chi connectivity index (χ3n) is 1.79. The van der Waals surface area contributed by atoms with Crippen molar-refractivity contribution in [2.75, 3.05) is 6.61 Å². The molecule has 0 atom stereocenters. The molecule has 1 N–H and O–H groups in total. The predicted octanol–water partition coefficient (Wildman–Crippen LogP) is 3.06. The molecular formula is C11H20O. The lowest BCUT2D eigenvalue weighted by Gasteiger charge is -1.99. The van der Waals surface area contributed by atoms with E-state index < -0.39 is 0 Å². The zero-order valence-corrected chi connectivity index (χ0v) is 8.27. The predicted molar refractivity (Wildman–Crippen MR) is 54.1 cm³/mol. The normalized spacial score (nSPS) is 11.8. The van der Waals surface area contributed by atoms with Crippen LogP contribution in [0.4, 0.5) is 0 Å². The second kappa shape index (κ2) is 7.11. The summed E-state index contributed by atoms with van der Waals surface area (Å²) in [6.07, 6.45) is 6.31. The first-order valence-electron chi connectivity index (χ1n) is 4.57. The van der Waals surface area contributed by atoms with Crippen LogP contribution in [-0.2, 0) is 0 Å². The van der Waals surface area contributed by atoms with Gasteiger partial charge in [-0.3, -0.25) is 0 Å². The van der Waals surface area contributed by atoms with Gasteiger partial charge in [0.1, 0.15) is 0 Å². The Morgan fingerprint density at radius 1 is 1.33 bits per heavy atom. The van der Waals surface area contributed by atoms with Crippen molar-refractivity contribution in [2.45, 2.75) is 39.5 Å². The molecule has 0 amide bonds. The third kappa shape index (κ3) is 7.55. The fraction of sp³-hybridized carbons (Fsp3) is 0.636. The Morgan fingerprint density at radius 3 is 2.50 bits per heavy atom. The highest BCUT2D eigenvalue weighted by Gasteiger charge is 1.89. The van der Waals surface area contributed by atoms with Gasteiger partial charge < -0.3 is 5.11 Å². The van der Waals surface area contributed by atoms with Gasteiger partial charge in [0, 0.05) is 6.61 Å². The Kier molecular flexibility index (Phi) is 6.78. The Balaban J connectivity index is 3.47. The molecule has 0 saturated carbocycles. The molecule has 0 bridgehead atoms. The van der Waals surface area contributed by atoms with Crippen LogP contribution in [0.5, 0.6) is 0 Å². The molecular weight excluding hydrogens is 148 g/mol. The summed E-state index contributed by atoms with van der Waals surface area (Å²) in [5.41, 5.74) is 2.62. The van der Waals surface area contributed by atoms with Crippen molar-refractivity contribution in [1.82, 2.24) is 0 Å². The van der Waals surface area contributed by atoms with Crippen LogP contribution in [0.3, 0.4) is 0 Å². The maximum atomic E-state index is 8.59. The highest BCUT2D eigenvalue weighted by Crippen LogP contribution is 2.08. The van der Waals surface area contributed by atoms with Gasteiger partial charge in [-0.2, -0.15) is 0 Å². The molecule has 0 rings (SSSR count). The first-order chi connectivity index (χ1) is 5.66. The standard InChI is InChI=1S/C11H20O/c1-10(2)6-4-7-11(3)8-5-9-12/h7,12H,1,4-6,8-9H2,2-3H3. The van der Waals surface area contributed by atoms with E-state index >= 15 is 0 Å². The van der Waals surface area contributed by atoms with E-state index in [4.69, 9.17) is 5.11 Å². The monoisotopic (exact) mass is 168 g/mol. The topological polar surface area (TPSA) is 20.2 Å². The Morgan fingerprint density at radius 2 is 2.00 bits per heavy atom. The highest BCUT2D eigenvalue weighted by atomic mass is 16.2. The lowest BCUT2D eigenvalue weighted by Crippen LogP contribution is -1.84. The molecule has 0 heterocycles. The van der Waals surface area contributed by atoms with E-state index in [2.05, 4.69) is 26.5 Å². The molecule has 0 radical (unpaired) electrons. The van der Waals surface area contributed by atoms with Crippen LogP contribution < -0.4 is 0 Å². The number of aliphatic hydroxyl groups excluding tert-OH is 1. The minimum Gasteiger partial charge on any atom is -0.396 e. The average Bonchev–Trinajstić information content (AvgIpc) is 2.00. The summed E-state index contributed by atoms with van der Waals surface area (Å²) in [4.78, 5) is 0. The van der Waals surface area contributed by atoms with E-state index in [9.17, 15) is 0 Å². The zero-order valence-electron chi connectivity index (χ0n) is 8.27. The van der Waals surface area contributed by atoms with Crippen molar-refractivity contribution in [2.24, 2.45) is 0 Å². The van der Waals surface area contributed by atoms with E-state index in [1.165, 1.54) is 11.1 Å². The fourth-order valence-electron chi connectivity index (χ4n) is 1.02. The maximum absolute atomic E-state index is 8.59. The lowest BCUT2D eigenvalue weighted by atomic mass is 10.1. The fourth-order valence-corrected chi connectivity index (χ4v) is 1.02. The van der Waals surface area contributed by atoms with Crippen molar-refractivity contribution in [3.8, 4) is 0 Å². The van der Waals surface area contributed by atoms with Crippen LogP contribution in [0, 0.1) is 0 Å². The average molecular weight is 168 g/mol. The molecule has 0 aromatic rings. The number of aliphatic hydroxyl groups is 1. The molecule has 0 unspecified atom stereocenters. The van der Waals surface area contributed by atoms with Gasteiger partial charge in [-0.05, 0) is 39.5 Å². The van der Waals surface area contributed by atoms with Crippen molar-refractivity contribution < 1.29 is 5.11 Å². The Hall–Kier alpha value is -0.560. The van der Waals surface area contributed by atoms with Crippen LogP contribution in [0.25, 0.3) is 0 Å². The van der Waals surface area contributed by atoms with Crippen LogP contribution in [0.1, 0.15) is 39.5 Å². The summed E-state index contributed by atoms with van der Waals surface area (Å²) in [5.74, 6) is 0. The number of rotatable bonds is 6.